The van der Waals surface area contributed by atoms with E-state index in [0.717, 1.165) is 22.9 Å². The van der Waals surface area contributed by atoms with Gasteiger partial charge in [-0.2, -0.15) is 5.10 Å². The van der Waals surface area contributed by atoms with Gasteiger partial charge in [0.2, 0.25) is 0 Å². The molecule has 0 aliphatic rings. The zero-order chi connectivity index (χ0) is 12.4. The van der Waals surface area contributed by atoms with Gasteiger partial charge < -0.3 is 5.32 Å². The smallest absolute Gasteiger partial charge is 0.157 e. The fourth-order valence-corrected chi connectivity index (χ4v) is 2.59. The molecule has 6 heteroatoms. The van der Waals surface area contributed by atoms with Crippen LogP contribution in [0.1, 0.15) is 24.4 Å². The normalized spacial score (nSPS) is 12.7. The van der Waals surface area contributed by atoms with Gasteiger partial charge in [-0.25, -0.2) is 14.5 Å². The summed E-state index contributed by atoms with van der Waals surface area (Å²) >= 11 is 1.66. The first-order chi connectivity index (χ1) is 8.86. The molecular weight excluding hydrogens is 246 g/mol. The van der Waals surface area contributed by atoms with Crippen LogP contribution in [0.4, 0.5) is 5.82 Å². The molecule has 1 atom stereocenters. The molecule has 3 aromatic heterocycles. The summed E-state index contributed by atoms with van der Waals surface area (Å²) in [6.07, 6.45) is 6.45. The first kappa shape index (κ1) is 11.2. The minimum absolute atomic E-state index is 0.211. The van der Waals surface area contributed by atoms with E-state index in [1.165, 1.54) is 0 Å². The fourth-order valence-electron chi connectivity index (χ4n) is 1.82. The van der Waals surface area contributed by atoms with Gasteiger partial charge in [0.1, 0.15) is 10.8 Å². The van der Waals surface area contributed by atoms with Crippen molar-refractivity contribution in [3.05, 3.63) is 41.1 Å². The Kier molecular flexibility index (Phi) is 2.93. The number of fused-ring (bicyclic) bond motifs is 1. The second kappa shape index (κ2) is 4.73. The number of thiazole rings is 1. The van der Waals surface area contributed by atoms with Crippen molar-refractivity contribution in [1.29, 1.82) is 0 Å². The van der Waals surface area contributed by atoms with E-state index >= 15 is 0 Å². The van der Waals surface area contributed by atoms with Gasteiger partial charge in [0, 0.05) is 23.8 Å². The van der Waals surface area contributed by atoms with Gasteiger partial charge in [-0.3, -0.25) is 0 Å². The summed E-state index contributed by atoms with van der Waals surface area (Å²) in [6.45, 7) is 2.14. The summed E-state index contributed by atoms with van der Waals surface area (Å²) in [5.41, 5.74) is 0.842. The van der Waals surface area contributed by atoms with Crippen molar-refractivity contribution in [3.63, 3.8) is 0 Å². The summed E-state index contributed by atoms with van der Waals surface area (Å²) < 4.78 is 1.75. The summed E-state index contributed by atoms with van der Waals surface area (Å²) in [5.74, 6) is 0.852. The molecule has 0 aliphatic carbocycles. The van der Waals surface area contributed by atoms with Gasteiger partial charge in [0.15, 0.2) is 5.65 Å². The van der Waals surface area contributed by atoms with E-state index in [0.29, 0.717) is 0 Å². The van der Waals surface area contributed by atoms with Crippen LogP contribution in [0.25, 0.3) is 5.65 Å². The number of aromatic nitrogens is 4. The number of rotatable bonds is 4. The van der Waals surface area contributed by atoms with Gasteiger partial charge in [-0.1, -0.05) is 6.92 Å². The second-order valence-electron chi connectivity index (χ2n) is 3.92. The van der Waals surface area contributed by atoms with Crippen molar-refractivity contribution >= 4 is 22.8 Å². The molecule has 0 saturated heterocycles. The Morgan fingerprint density at radius 3 is 3.11 bits per heavy atom. The molecule has 3 rings (SSSR count). The molecule has 18 heavy (non-hydrogen) atoms. The number of hydrogen-bond acceptors (Lipinski definition) is 5. The molecule has 0 aromatic carbocycles. The minimum Gasteiger partial charge on any atom is -0.361 e. The first-order valence-corrected chi connectivity index (χ1v) is 6.71. The highest BCUT2D eigenvalue weighted by molar-refractivity contribution is 7.09. The molecule has 0 saturated carbocycles. The van der Waals surface area contributed by atoms with Crippen LogP contribution in [-0.2, 0) is 0 Å². The van der Waals surface area contributed by atoms with Crippen LogP contribution in [0, 0.1) is 0 Å². The predicted molar refractivity (Wildman–Crippen MR) is 71.8 cm³/mol. The molecule has 92 valence electrons. The molecule has 3 aromatic rings. The van der Waals surface area contributed by atoms with Crippen molar-refractivity contribution in [3.8, 4) is 0 Å². The number of nitrogens with one attached hydrogen (secondary N) is 1. The lowest BCUT2D eigenvalue weighted by atomic mass is 10.2. The average molecular weight is 259 g/mol. The third-order valence-electron chi connectivity index (χ3n) is 2.74. The van der Waals surface area contributed by atoms with E-state index in [1.807, 2.05) is 29.9 Å². The maximum atomic E-state index is 4.50. The number of anilines is 1. The third kappa shape index (κ3) is 2.06. The zero-order valence-electron chi connectivity index (χ0n) is 9.95. The highest BCUT2D eigenvalue weighted by Gasteiger charge is 2.12. The Labute approximate surface area is 109 Å². The number of hydrogen-bond donors (Lipinski definition) is 1. The number of nitrogens with zero attached hydrogens (tertiary/aromatic N) is 4. The predicted octanol–water partition coefficient (Wildman–Crippen LogP) is 2.75. The molecule has 5 nitrogen and oxygen atoms in total. The van der Waals surface area contributed by atoms with Crippen LogP contribution in [0.15, 0.2) is 36.1 Å². The Morgan fingerprint density at radius 1 is 1.39 bits per heavy atom. The molecule has 0 bridgehead atoms. The average Bonchev–Trinajstić information content (AvgIpc) is 3.06. The SMILES string of the molecule is CCC(Nc1ccn2nccc2n1)c1nccs1. The van der Waals surface area contributed by atoms with Gasteiger partial charge in [-0.05, 0) is 12.5 Å². The molecule has 0 spiro atoms. The minimum atomic E-state index is 0.211. The molecule has 1 N–H and O–H groups in total. The lowest BCUT2D eigenvalue weighted by Crippen LogP contribution is -2.10. The van der Waals surface area contributed by atoms with Crippen LogP contribution >= 0.6 is 11.3 Å². The summed E-state index contributed by atoms with van der Waals surface area (Å²) in [4.78, 5) is 8.85. The summed E-state index contributed by atoms with van der Waals surface area (Å²) in [5, 5.41) is 10.6. The van der Waals surface area contributed by atoms with Crippen molar-refractivity contribution in [2.75, 3.05) is 5.32 Å². The van der Waals surface area contributed by atoms with Crippen LogP contribution < -0.4 is 5.32 Å². The van der Waals surface area contributed by atoms with Crippen molar-refractivity contribution < 1.29 is 0 Å². The monoisotopic (exact) mass is 259 g/mol. The third-order valence-corrected chi connectivity index (χ3v) is 3.63. The molecular formula is C12H13N5S. The standard InChI is InChI=1S/C12H13N5S/c1-2-9(12-13-6-8-18-12)15-10-4-7-17-11(16-10)3-5-14-17/h3-9H,2H2,1H3,(H,15,16). The largest absolute Gasteiger partial charge is 0.361 e. The summed E-state index contributed by atoms with van der Waals surface area (Å²) in [7, 11) is 0. The van der Waals surface area contributed by atoms with Crippen molar-refractivity contribution in [1.82, 2.24) is 19.6 Å². The van der Waals surface area contributed by atoms with Crippen molar-refractivity contribution in [2.45, 2.75) is 19.4 Å². The quantitative estimate of drug-likeness (QED) is 0.782. The highest BCUT2D eigenvalue weighted by Crippen LogP contribution is 2.23. The highest BCUT2D eigenvalue weighted by atomic mass is 32.1. The maximum Gasteiger partial charge on any atom is 0.157 e. The van der Waals surface area contributed by atoms with E-state index in [2.05, 4.69) is 27.3 Å². The van der Waals surface area contributed by atoms with Crippen LogP contribution in [-0.4, -0.2) is 19.6 Å². The topological polar surface area (TPSA) is 55.1 Å². The first-order valence-electron chi connectivity index (χ1n) is 5.83. The Morgan fingerprint density at radius 2 is 2.33 bits per heavy atom. The van der Waals surface area contributed by atoms with E-state index in [-0.39, 0.29) is 6.04 Å². The van der Waals surface area contributed by atoms with E-state index < -0.39 is 0 Å². The lowest BCUT2D eigenvalue weighted by Gasteiger charge is -2.14. The Hall–Kier alpha value is -1.95. The van der Waals surface area contributed by atoms with Gasteiger partial charge >= 0.3 is 0 Å². The lowest BCUT2D eigenvalue weighted by molar-refractivity contribution is 0.737. The van der Waals surface area contributed by atoms with Crippen LogP contribution in [0.2, 0.25) is 0 Å². The summed E-state index contributed by atoms with van der Waals surface area (Å²) in [6, 6.07) is 4.02. The van der Waals surface area contributed by atoms with E-state index in [1.54, 1.807) is 22.0 Å². The van der Waals surface area contributed by atoms with Crippen LogP contribution in [0.5, 0.6) is 0 Å². The van der Waals surface area contributed by atoms with Crippen molar-refractivity contribution in [2.24, 2.45) is 0 Å². The fraction of sp³-hybridized carbons (Fsp3) is 0.250. The zero-order valence-corrected chi connectivity index (χ0v) is 10.8. The molecule has 3 heterocycles. The Bertz CT molecular complexity index is 631. The van der Waals surface area contributed by atoms with E-state index in [4.69, 9.17) is 0 Å². The van der Waals surface area contributed by atoms with Gasteiger partial charge in [-0.15, -0.1) is 11.3 Å². The molecule has 0 radical (unpaired) electrons. The van der Waals surface area contributed by atoms with Gasteiger partial charge in [0.05, 0.1) is 12.2 Å². The maximum absolute atomic E-state index is 4.50. The van der Waals surface area contributed by atoms with Gasteiger partial charge in [0.25, 0.3) is 0 Å². The van der Waals surface area contributed by atoms with E-state index in [9.17, 15) is 0 Å². The second-order valence-corrected chi connectivity index (χ2v) is 4.85. The molecule has 1 unspecified atom stereocenters. The Balaban J connectivity index is 1.86. The van der Waals surface area contributed by atoms with Crippen LogP contribution in [0.3, 0.4) is 0 Å². The molecule has 0 amide bonds. The molecule has 0 aliphatic heterocycles. The molecule has 0 fully saturated rings.